The molecule has 2 rings (SSSR count). The first kappa shape index (κ1) is 19.2. The van der Waals surface area contributed by atoms with Crippen LogP contribution in [0.2, 0.25) is 0 Å². The second-order valence-electron chi connectivity index (χ2n) is 6.58. The summed E-state index contributed by atoms with van der Waals surface area (Å²) in [4.78, 5) is -0.784. The first-order chi connectivity index (χ1) is 11.6. The van der Waals surface area contributed by atoms with Gasteiger partial charge >= 0.3 is 0 Å². The van der Waals surface area contributed by atoms with Gasteiger partial charge in [-0.25, -0.2) is 8.42 Å². The Morgan fingerprint density at radius 1 is 1.00 bits per heavy atom. The quantitative estimate of drug-likeness (QED) is 0.293. The van der Waals surface area contributed by atoms with E-state index in [0.717, 1.165) is 12.8 Å². The summed E-state index contributed by atoms with van der Waals surface area (Å²) >= 11 is 0. The van der Waals surface area contributed by atoms with Gasteiger partial charge in [0.25, 0.3) is 0 Å². The Morgan fingerprint density at radius 2 is 1.58 bits per heavy atom. The van der Waals surface area contributed by atoms with E-state index in [1.807, 2.05) is 12.1 Å². The highest BCUT2D eigenvalue weighted by Gasteiger charge is 2.55. The summed E-state index contributed by atoms with van der Waals surface area (Å²) in [5.41, 5.74) is 0. The minimum Gasteiger partial charge on any atom is -0.349 e. The van der Waals surface area contributed by atoms with E-state index >= 15 is 0 Å². The van der Waals surface area contributed by atoms with E-state index in [9.17, 15) is 8.42 Å². The van der Waals surface area contributed by atoms with E-state index in [1.165, 1.54) is 44.9 Å². The summed E-state index contributed by atoms with van der Waals surface area (Å²) < 4.78 is 30.6. The van der Waals surface area contributed by atoms with Crippen molar-refractivity contribution >= 4 is 9.84 Å². The summed E-state index contributed by atoms with van der Waals surface area (Å²) in [6.07, 6.45) is 14.9. The molecule has 134 valence electrons. The van der Waals surface area contributed by atoms with Gasteiger partial charge in [-0.15, -0.1) is 0 Å². The molecule has 1 unspecified atom stereocenters. The molecule has 0 spiro atoms. The molecule has 1 fully saturated rings. The second-order valence-corrected chi connectivity index (χ2v) is 8.75. The molecule has 0 amide bonds. The summed E-state index contributed by atoms with van der Waals surface area (Å²) in [6.45, 7) is 2.50. The Bertz CT molecular complexity index is 601. The molecule has 3 nitrogen and oxygen atoms in total. The molecule has 1 saturated heterocycles. The highest BCUT2D eigenvalue weighted by Crippen LogP contribution is 2.39. The van der Waals surface area contributed by atoms with E-state index in [4.69, 9.17) is 4.74 Å². The van der Waals surface area contributed by atoms with Crippen LogP contribution in [0, 0.1) is 0 Å². The lowest BCUT2D eigenvalue weighted by atomic mass is 10.1. The predicted octanol–water partition coefficient (Wildman–Crippen LogP) is 5.27. The van der Waals surface area contributed by atoms with Gasteiger partial charge in [0.15, 0.2) is 0 Å². The smallest absolute Gasteiger partial charge is 0.215 e. The molecule has 1 aliphatic heterocycles. The van der Waals surface area contributed by atoms with Crippen molar-refractivity contribution in [3.05, 3.63) is 42.5 Å². The lowest BCUT2D eigenvalue weighted by molar-refractivity contribution is 0.403. The van der Waals surface area contributed by atoms with E-state index in [1.54, 1.807) is 30.3 Å². The summed E-state index contributed by atoms with van der Waals surface area (Å²) in [5.74, 6) is 0. The third kappa shape index (κ3) is 5.18. The first-order valence-electron chi connectivity index (χ1n) is 9.24. The Balaban J connectivity index is 1.70. The minimum absolute atomic E-state index is 0.262. The number of allylic oxidation sites excluding steroid dienone is 1. The van der Waals surface area contributed by atoms with Crippen molar-refractivity contribution in [2.24, 2.45) is 0 Å². The van der Waals surface area contributed by atoms with E-state index in [0.29, 0.717) is 4.90 Å². The van der Waals surface area contributed by atoms with Gasteiger partial charge in [0.1, 0.15) is 0 Å². The molecule has 4 heteroatoms. The van der Waals surface area contributed by atoms with Crippen LogP contribution in [0.3, 0.4) is 0 Å². The maximum atomic E-state index is 12.6. The highest BCUT2D eigenvalue weighted by molar-refractivity contribution is 7.93. The number of unbranched alkanes of at least 4 members (excludes halogenated alkanes) is 8. The third-order valence-corrected chi connectivity index (χ3v) is 6.71. The summed E-state index contributed by atoms with van der Waals surface area (Å²) in [6, 6.07) is 8.56. The molecule has 0 bridgehead atoms. The zero-order valence-electron chi connectivity index (χ0n) is 14.7. The van der Waals surface area contributed by atoms with Gasteiger partial charge in [-0.05, 0) is 31.1 Å². The molecule has 0 aromatic heterocycles. The van der Waals surface area contributed by atoms with Crippen molar-refractivity contribution in [1.29, 1.82) is 0 Å². The number of epoxide rings is 1. The van der Waals surface area contributed by atoms with E-state index in [-0.39, 0.29) is 6.61 Å². The van der Waals surface area contributed by atoms with Crippen LogP contribution in [-0.4, -0.2) is 20.0 Å². The highest BCUT2D eigenvalue weighted by atomic mass is 32.2. The molecule has 0 saturated carbocycles. The van der Waals surface area contributed by atoms with Crippen molar-refractivity contribution < 1.29 is 13.2 Å². The molecule has 1 atom stereocenters. The molecule has 24 heavy (non-hydrogen) atoms. The fourth-order valence-electron chi connectivity index (χ4n) is 2.87. The number of hydrogen-bond donors (Lipinski definition) is 0. The number of sulfone groups is 1. The van der Waals surface area contributed by atoms with Crippen LogP contribution in [0.1, 0.15) is 64.7 Å². The minimum atomic E-state index is -3.45. The van der Waals surface area contributed by atoms with Gasteiger partial charge in [0, 0.05) is 0 Å². The lowest BCUT2D eigenvalue weighted by Crippen LogP contribution is -2.22. The van der Waals surface area contributed by atoms with Gasteiger partial charge in [-0.3, -0.25) is 0 Å². The zero-order chi connectivity index (χ0) is 17.3. The molecule has 1 aliphatic rings. The van der Waals surface area contributed by atoms with Gasteiger partial charge in [0.2, 0.25) is 14.8 Å². The van der Waals surface area contributed by atoms with Crippen LogP contribution in [0.4, 0.5) is 0 Å². The van der Waals surface area contributed by atoms with Crippen molar-refractivity contribution in [2.45, 2.75) is 74.5 Å². The van der Waals surface area contributed by atoms with Gasteiger partial charge < -0.3 is 4.74 Å². The number of hydrogen-bond acceptors (Lipinski definition) is 3. The molecular formula is C20H30O3S. The third-order valence-electron chi connectivity index (χ3n) is 4.53. The normalized spacial score (nSPS) is 20.5. The molecule has 0 N–H and O–H groups in total. The standard InChI is InChI=1S/C20H30O3S/c1-2-3-4-5-6-7-8-9-10-14-17-20(18-23-20)24(21,22)19-15-12-11-13-16-19/h11-17H,2-10,18H2,1H3/b17-14+. The Kier molecular flexibility index (Phi) is 7.50. The zero-order valence-corrected chi connectivity index (χ0v) is 15.6. The van der Waals surface area contributed by atoms with Crippen LogP contribution in [0.25, 0.3) is 0 Å². The lowest BCUT2D eigenvalue weighted by Gasteiger charge is -2.09. The number of ether oxygens (including phenoxy) is 1. The molecule has 0 radical (unpaired) electrons. The largest absolute Gasteiger partial charge is 0.349 e. The van der Waals surface area contributed by atoms with Crippen molar-refractivity contribution in [3.63, 3.8) is 0 Å². The van der Waals surface area contributed by atoms with E-state index < -0.39 is 14.8 Å². The predicted molar refractivity (Wildman–Crippen MR) is 98.7 cm³/mol. The van der Waals surface area contributed by atoms with Gasteiger partial charge in [-0.2, -0.15) is 0 Å². The first-order valence-corrected chi connectivity index (χ1v) is 10.7. The summed E-state index contributed by atoms with van der Waals surface area (Å²) in [7, 11) is -3.45. The molecule has 1 aromatic carbocycles. The maximum absolute atomic E-state index is 12.6. The molecule has 1 heterocycles. The Morgan fingerprint density at radius 3 is 2.17 bits per heavy atom. The second kappa shape index (κ2) is 9.38. The monoisotopic (exact) mass is 350 g/mol. The molecular weight excluding hydrogens is 320 g/mol. The average molecular weight is 351 g/mol. The van der Waals surface area contributed by atoms with Crippen LogP contribution >= 0.6 is 0 Å². The van der Waals surface area contributed by atoms with E-state index in [2.05, 4.69) is 6.92 Å². The molecule has 0 aliphatic carbocycles. The summed E-state index contributed by atoms with van der Waals surface area (Å²) in [5, 5.41) is 0. The number of rotatable bonds is 12. The maximum Gasteiger partial charge on any atom is 0.215 e. The van der Waals surface area contributed by atoms with Gasteiger partial charge in [0.05, 0.1) is 11.5 Å². The SMILES string of the molecule is CCCCCCCCCC/C=C/C1(S(=O)(=O)c2ccccc2)CO1. The van der Waals surface area contributed by atoms with Crippen LogP contribution < -0.4 is 0 Å². The van der Waals surface area contributed by atoms with Crippen molar-refractivity contribution in [1.82, 2.24) is 0 Å². The topological polar surface area (TPSA) is 46.7 Å². The number of benzene rings is 1. The van der Waals surface area contributed by atoms with Crippen LogP contribution in [-0.2, 0) is 14.6 Å². The van der Waals surface area contributed by atoms with Crippen LogP contribution in [0.5, 0.6) is 0 Å². The fourth-order valence-corrected chi connectivity index (χ4v) is 4.43. The Labute approximate surface area is 147 Å². The Hall–Kier alpha value is -1.13. The van der Waals surface area contributed by atoms with Crippen LogP contribution in [0.15, 0.2) is 47.4 Å². The molecule has 1 aromatic rings. The average Bonchev–Trinajstić information content (AvgIpc) is 3.39. The van der Waals surface area contributed by atoms with Crippen molar-refractivity contribution in [3.8, 4) is 0 Å². The fraction of sp³-hybridized carbons (Fsp3) is 0.600. The van der Waals surface area contributed by atoms with Gasteiger partial charge in [-0.1, -0.05) is 76.1 Å². The van der Waals surface area contributed by atoms with Crippen molar-refractivity contribution in [2.75, 3.05) is 6.61 Å².